The molecule has 5 heteroatoms. The normalized spacial score (nSPS) is 17.8. The van der Waals surface area contributed by atoms with Gasteiger partial charge in [0.15, 0.2) is 0 Å². The summed E-state index contributed by atoms with van der Waals surface area (Å²) in [6.45, 7) is 2.97. The number of rotatable bonds is 1. The summed E-state index contributed by atoms with van der Waals surface area (Å²) in [5, 5.41) is 11.1. The molecule has 5 nitrogen and oxygen atoms in total. The molecule has 1 aliphatic carbocycles. The number of hydrogen-bond acceptors (Lipinski definition) is 4. The van der Waals surface area contributed by atoms with Gasteiger partial charge in [0.2, 0.25) is 5.79 Å². The first kappa shape index (κ1) is 12.5. The molecule has 0 bridgehead atoms. The summed E-state index contributed by atoms with van der Waals surface area (Å²) in [5.41, 5.74) is 4.79. The highest BCUT2D eigenvalue weighted by molar-refractivity contribution is 5.81. The van der Waals surface area contributed by atoms with Crippen molar-refractivity contribution in [3.8, 4) is 11.1 Å². The Morgan fingerprint density at radius 2 is 1.67 bits per heavy atom. The van der Waals surface area contributed by atoms with Crippen molar-refractivity contribution >= 4 is 5.69 Å². The highest BCUT2D eigenvalue weighted by Crippen LogP contribution is 2.52. The first-order chi connectivity index (χ1) is 10.1. The summed E-state index contributed by atoms with van der Waals surface area (Å²) in [6, 6.07) is 11.0. The molecule has 0 atom stereocenters. The van der Waals surface area contributed by atoms with Crippen molar-refractivity contribution in [3.63, 3.8) is 0 Å². The standard InChI is InChI=1S/C16H13NO4/c1-10-2-4-12-13-5-3-11(17(18)19)9-15(13)16(14(12)8-10)20-6-7-21-16/h2-5,8-9H,6-7H2,1H3. The van der Waals surface area contributed by atoms with E-state index in [1.54, 1.807) is 12.1 Å². The molecule has 1 heterocycles. The van der Waals surface area contributed by atoms with Crippen LogP contribution in [0.15, 0.2) is 36.4 Å². The number of nitro benzene ring substituents is 1. The second-order valence-corrected chi connectivity index (χ2v) is 5.35. The molecule has 1 saturated heterocycles. The van der Waals surface area contributed by atoms with E-state index in [1.807, 2.05) is 25.1 Å². The van der Waals surface area contributed by atoms with Gasteiger partial charge in [0.1, 0.15) is 0 Å². The maximum atomic E-state index is 11.1. The van der Waals surface area contributed by atoms with Gasteiger partial charge in [0.25, 0.3) is 5.69 Å². The van der Waals surface area contributed by atoms with Gasteiger partial charge in [-0.2, -0.15) is 0 Å². The molecule has 0 radical (unpaired) electrons. The highest BCUT2D eigenvalue weighted by Gasteiger charge is 2.49. The Labute approximate surface area is 121 Å². The number of non-ortho nitro benzene ring substituents is 1. The van der Waals surface area contributed by atoms with Crippen LogP contribution in [0.4, 0.5) is 5.69 Å². The van der Waals surface area contributed by atoms with Crippen LogP contribution in [0.1, 0.15) is 16.7 Å². The summed E-state index contributed by atoms with van der Waals surface area (Å²) in [7, 11) is 0. The monoisotopic (exact) mass is 283 g/mol. The van der Waals surface area contributed by atoms with Crippen LogP contribution in [0.2, 0.25) is 0 Å². The number of nitro groups is 1. The van der Waals surface area contributed by atoms with E-state index in [2.05, 4.69) is 0 Å². The third-order valence-electron chi connectivity index (χ3n) is 4.08. The summed E-state index contributed by atoms with van der Waals surface area (Å²) in [5.74, 6) is -0.983. The first-order valence-electron chi connectivity index (χ1n) is 6.80. The molecular formula is C16H13NO4. The van der Waals surface area contributed by atoms with Gasteiger partial charge in [-0.1, -0.05) is 17.7 Å². The minimum absolute atomic E-state index is 0.0525. The molecule has 21 heavy (non-hydrogen) atoms. The Morgan fingerprint density at radius 1 is 1.05 bits per heavy atom. The third-order valence-corrected chi connectivity index (χ3v) is 4.08. The average Bonchev–Trinajstić information content (AvgIpc) is 3.05. The maximum Gasteiger partial charge on any atom is 0.269 e. The maximum absolute atomic E-state index is 11.1. The Hall–Kier alpha value is -2.24. The van der Waals surface area contributed by atoms with Crippen molar-refractivity contribution in [3.05, 3.63) is 63.2 Å². The van der Waals surface area contributed by atoms with E-state index in [0.717, 1.165) is 27.8 Å². The lowest BCUT2D eigenvalue weighted by molar-refractivity contribution is -0.385. The molecule has 0 aromatic heterocycles. The minimum atomic E-state index is -0.983. The third kappa shape index (κ3) is 1.58. The molecule has 2 aromatic rings. The second-order valence-electron chi connectivity index (χ2n) is 5.35. The zero-order valence-electron chi connectivity index (χ0n) is 11.5. The zero-order valence-corrected chi connectivity index (χ0v) is 11.5. The van der Waals surface area contributed by atoms with E-state index in [1.165, 1.54) is 6.07 Å². The predicted molar refractivity (Wildman–Crippen MR) is 76.0 cm³/mol. The van der Waals surface area contributed by atoms with Gasteiger partial charge >= 0.3 is 0 Å². The first-order valence-corrected chi connectivity index (χ1v) is 6.80. The molecule has 1 fully saturated rings. The number of fused-ring (bicyclic) bond motifs is 5. The lowest BCUT2D eigenvalue weighted by Crippen LogP contribution is -2.26. The molecule has 0 saturated carbocycles. The van der Waals surface area contributed by atoms with E-state index in [0.29, 0.717) is 13.2 Å². The highest BCUT2D eigenvalue weighted by atomic mass is 16.7. The van der Waals surface area contributed by atoms with Crippen LogP contribution in [0.3, 0.4) is 0 Å². The zero-order chi connectivity index (χ0) is 14.6. The largest absolute Gasteiger partial charge is 0.340 e. The second kappa shape index (κ2) is 4.13. The average molecular weight is 283 g/mol. The number of hydrogen-bond donors (Lipinski definition) is 0. The summed E-state index contributed by atoms with van der Waals surface area (Å²) in [6.07, 6.45) is 0. The van der Waals surface area contributed by atoms with Gasteiger partial charge in [0.05, 0.1) is 18.1 Å². The van der Waals surface area contributed by atoms with Crippen molar-refractivity contribution in [2.24, 2.45) is 0 Å². The fourth-order valence-corrected chi connectivity index (χ4v) is 3.19. The van der Waals surface area contributed by atoms with Crippen LogP contribution >= 0.6 is 0 Å². The Kier molecular flexibility index (Phi) is 2.46. The van der Waals surface area contributed by atoms with Crippen molar-refractivity contribution < 1.29 is 14.4 Å². The molecule has 2 aliphatic rings. The molecule has 1 aliphatic heterocycles. The number of ether oxygens (including phenoxy) is 2. The molecular weight excluding hydrogens is 270 g/mol. The summed E-state index contributed by atoms with van der Waals surface area (Å²) >= 11 is 0. The number of nitrogens with zero attached hydrogens (tertiary/aromatic N) is 1. The van der Waals surface area contributed by atoms with Gasteiger partial charge in [-0.05, 0) is 30.2 Å². The van der Waals surface area contributed by atoms with Crippen molar-refractivity contribution in [1.82, 2.24) is 0 Å². The van der Waals surface area contributed by atoms with Gasteiger partial charge in [0, 0.05) is 23.3 Å². The predicted octanol–water partition coefficient (Wildman–Crippen LogP) is 3.13. The molecule has 0 unspecified atom stereocenters. The fraction of sp³-hybridized carbons (Fsp3) is 0.250. The van der Waals surface area contributed by atoms with Crippen molar-refractivity contribution in [1.29, 1.82) is 0 Å². The molecule has 106 valence electrons. The van der Waals surface area contributed by atoms with E-state index < -0.39 is 10.7 Å². The van der Waals surface area contributed by atoms with E-state index in [9.17, 15) is 10.1 Å². The summed E-state index contributed by atoms with van der Waals surface area (Å²) in [4.78, 5) is 10.7. The van der Waals surface area contributed by atoms with Gasteiger partial charge in [-0.3, -0.25) is 10.1 Å². The van der Waals surface area contributed by atoms with Crippen molar-refractivity contribution in [2.45, 2.75) is 12.7 Å². The van der Waals surface area contributed by atoms with Crippen LogP contribution in [-0.4, -0.2) is 18.1 Å². The van der Waals surface area contributed by atoms with Crippen LogP contribution in [0.5, 0.6) is 0 Å². The molecule has 2 aromatic carbocycles. The minimum Gasteiger partial charge on any atom is -0.340 e. The van der Waals surface area contributed by atoms with E-state index in [4.69, 9.17) is 9.47 Å². The van der Waals surface area contributed by atoms with Gasteiger partial charge in [-0.15, -0.1) is 0 Å². The topological polar surface area (TPSA) is 61.6 Å². The molecule has 4 rings (SSSR count). The quantitative estimate of drug-likeness (QED) is 0.596. The van der Waals surface area contributed by atoms with E-state index in [-0.39, 0.29) is 5.69 Å². The SMILES string of the molecule is Cc1ccc2c(c1)C1(OCCO1)c1cc([N+](=O)[O-])ccc1-2. The Morgan fingerprint density at radius 3 is 2.33 bits per heavy atom. The summed E-state index contributed by atoms with van der Waals surface area (Å²) < 4.78 is 11.8. The number of benzene rings is 2. The van der Waals surface area contributed by atoms with Crippen LogP contribution in [-0.2, 0) is 15.3 Å². The van der Waals surface area contributed by atoms with Crippen LogP contribution < -0.4 is 0 Å². The number of aryl methyl sites for hydroxylation is 1. The smallest absolute Gasteiger partial charge is 0.269 e. The van der Waals surface area contributed by atoms with Crippen molar-refractivity contribution in [2.75, 3.05) is 13.2 Å². The molecule has 0 amide bonds. The Bertz CT molecular complexity index is 763. The Balaban J connectivity index is 2.03. The molecule has 0 N–H and O–H groups in total. The molecule has 1 spiro atoms. The lowest BCUT2D eigenvalue weighted by Gasteiger charge is -2.24. The van der Waals surface area contributed by atoms with Gasteiger partial charge < -0.3 is 9.47 Å². The van der Waals surface area contributed by atoms with Gasteiger partial charge in [-0.25, -0.2) is 0 Å². The van der Waals surface area contributed by atoms with E-state index >= 15 is 0 Å². The van der Waals surface area contributed by atoms with Crippen LogP contribution in [0.25, 0.3) is 11.1 Å². The fourth-order valence-electron chi connectivity index (χ4n) is 3.19. The lowest BCUT2D eigenvalue weighted by atomic mass is 10.0. The van der Waals surface area contributed by atoms with Crippen LogP contribution in [0, 0.1) is 17.0 Å².